The van der Waals surface area contributed by atoms with Crippen LogP contribution in [0.2, 0.25) is 0 Å². The third-order valence-corrected chi connectivity index (χ3v) is 6.21. The fourth-order valence-electron chi connectivity index (χ4n) is 4.46. The zero-order valence-corrected chi connectivity index (χ0v) is 18.2. The van der Waals surface area contributed by atoms with E-state index in [1.165, 1.54) is 12.1 Å². The Balaban J connectivity index is 1.44. The van der Waals surface area contributed by atoms with Crippen molar-refractivity contribution >= 4 is 28.7 Å². The lowest BCUT2D eigenvalue weighted by Crippen LogP contribution is -2.21. The minimum absolute atomic E-state index is 0.0334. The number of Topliss-reactive ketones (excluding diaryl/α,β-unsaturated/α-hetero) is 1. The number of aromatic hydroxyl groups is 1. The Morgan fingerprint density at radius 1 is 1.24 bits per heavy atom. The van der Waals surface area contributed by atoms with E-state index in [-0.39, 0.29) is 29.7 Å². The van der Waals surface area contributed by atoms with Gasteiger partial charge < -0.3 is 20.8 Å². The number of hydrogen-bond donors (Lipinski definition) is 4. The number of fused-ring (bicyclic) bond motifs is 2. The molecule has 2 aromatic carbocycles. The number of carbonyl (C=O) groups is 1. The molecule has 5 rings (SSSR count). The van der Waals surface area contributed by atoms with Crippen molar-refractivity contribution in [1.29, 1.82) is 0 Å². The van der Waals surface area contributed by atoms with Gasteiger partial charge in [0.1, 0.15) is 17.4 Å². The maximum Gasteiger partial charge on any atom is 0.173 e. The Hall–Kier alpha value is -3.49. The minimum Gasteiger partial charge on any atom is -0.508 e. The number of aromatic nitrogens is 1. The minimum atomic E-state index is -0.523. The molecule has 3 heterocycles. The number of hydrogen-bond acceptors (Lipinski definition) is 7. The summed E-state index contributed by atoms with van der Waals surface area (Å²) < 4.78 is 14.5. The van der Waals surface area contributed by atoms with E-state index >= 15 is 0 Å². The predicted molar refractivity (Wildman–Crippen MR) is 124 cm³/mol. The number of aryl methyl sites for hydroxylation is 1. The summed E-state index contributed by atoms with van der Waals surface area (Å²) in [4.78, 5) is 19.8. The lowest BCUT2D eigenvalue weighted by molar-refractivity contribution is 0.0995. The van der Waals surface area contributed by atoms with Crippen LogP contribution in [0.5, 0.6) is 5.75 Å². The number of carbonyl (C=O) groups excluding carboxylic acids is 1. The van der Waals surface area contributed by atoms with Crippen molar-refractivity contribution in [2.24, 2.45) is 0 Å². The number of pyridine rings is 1. The second-order valence-corrected chi connectivity index (χ2v) is 8.72. The number of benzene rings is 2. The van der Waals surface area contributed by atoms with E-state index in [4.69, 9.17) is 0 Å². The molecule has 33 heavy (non-hydrogen) atoms. The van der Waals surface area contributed by atoms with E-state index in [0.717, 1.165) is 29.8 Å². The van der Waals surface area contributed by atoms with Crippen molar-refractivity contribution in [2.75, 3.05) is 23.7 Å². The van der Waals surface area contributed by atoms with Gasteiger partial charge >= 0.3 is 0 Å². The van der Waals surface area contributed by atoms with Gasteiger partial charge in [-0.1, -0.05) is 12.1 Å². The molecule has 0 spiro atoms. The Morgan fingerprint density at radius 3 is 2.88 bits per heavy atom. The van der Waals surface area contributed by atoms with Gasteiger partial charge in [-0.2, -0.15) is 0 Å². The number of aliphatic hydroxyl groups is 1. The Morgan fingerprint density at radius 2 is 2.09 bits per heavy atom. The number of aliphatic hydroxyl groups excluding tert-OH is 1. The summed E-state index contributed by atoms with van der Waals surface area (Å²) >= 11 is 0. The third-order valence-electron chi connectivity index (χ3n) is 6.21. The molecule has 170 valence electrons. The fourth-order valence-corrected chi connectivity index (χ4v) is 4.46. The first-order chi connectivity index (χ1) is 15.9. The lowest BCUT2D eigenvalue weighted by atomic mass is 10.0. The Kier molecular flexibility index (Phi) is 5.47. The van der Waals surface area contributed by atoms with Crippen LogP contribution in [0, 0.1) is 12.7 Å². The second kappa shape index (κ2) is 8.46. The average Bonchev–Trinajstić information content (AvgIpc) is 3.11. The zero-order valence-electron chi connectivity index (χ0n) is 18.2. The number of β-amino-alcohol motifs (C(OH)–C–C–N with tert-alkyl or cyclic N) is 1. The molecule has 3 aromatic rings. The van der Waals surface area contributed by atoms with E-state index in [1.807, 2.05) is 18.2 Å². The normalized spacial score (nSPS) is 17.8. The van der Waals surface area contributed by atoms with Gasteiger partial charge in [-0.05, 0) is 48.2 Å². The molecule has 0 aliphatic carbocycles. The third kappa shape index (κ3) is 4.27. The molecule has 0 saturated carbocycles. The lowest BCUT2D eigenvalue weighted by Gasteiger charge is -2.16. The highest BCUT2D eigenvalue weighted by atomic mass is 19.1. The number of anilines is 4. The van der Waals surface area contributed by atoms with E-state index in [2.05, 4.69) is 20.5 Å². The number of halogens is 1. The molecule has 8 heteroatoms. The molecule has 4 N–H and O–H groups in total. The Labute approximate surface area is 190 Å². The summed E-state index contributed by atoms with van der Waals surface area (Å²) in [5.41, 5.74) is 4.01. The van der Waals surface area contributed by atoms with E-state index in [0.29, 0.717) is 35.7 Å². The van der Waals surface area contributed by atoms with Gasteiger partial charge in [0.05, 0.1) is 23.0 Å². The topological polar surface area (TPSA) is 97.7 Å². The molecule has 1 aromatic heterocycles. The fraction of sp³-hybridized carbons (Fsp3) is 0.280. The van der Waals surface area contributed by atoms with Crippen LogP contribution in [0.1, 0.15) is 33.5 Å². The highest BCUT2D eigenvalue weighted by Gasteiger charge is 2.25. The van der Waals surface area contributed by atoms with Crippen LogP contribution in [0.25, 0.3) is 0 Å². The maximum absolute atomic E-state index is 14.5. The summed E-state index contributed by atoms with van der Waals surface area (Å²) in [5.74, 6) is -0.299. The van der Waals surface area contributed by atoms with Crippen LogP contribution >= 0.6 is 0 Å². The van der Waals surface area contributed by atoms with Crippen molar-refractivity contribution in [2.45, 2.75) is 32.4 Å². The van der Waals surface area contributed by atoms with Crippen molar-refractivity contribution in [3.63, 3.8) is 0 Å². The standard InChI is InChI=1S/C25H25FN4O3/c1-14-8-18(26)21(11-22(14)32)28-20-4-6-27-25-24(20)23(33)10-16-9-15(2-3-19(16)29-25)12-30-7-5-17(31)13-30/h2-4,6,8-9,11,17,31-32H,5,7,10,12-13H2,1H3,(H2,27,28,29)/t17-/m0/s1. The second-order valence-electron chi connectivity index (χ2n) is 8.72. The van der Waals surface area contributed by atoms with Crippen LogP contribution in [-0.4, -0.2) is 45.1 Å². The molecule has 0 radical (unpaired) electrons. The van der Waals surface area contributed by atoms with Gasteiger partial charge in [-0.15, -0.1) is 0 Å². The summed E-state index contributed by atoms with van der Waals surface area (Å²) in [6, 6.07) is 10.1. The summed E-state index contributed by atoms with van der Waals surface area (Å²) in [5, 5.41) is 26.0. The maximum atomic E-state index is 14.5. The average molecular weight is 448 g/mol. The van der Waals surface area contributed by atoms with Gasteiger partial charge in [-0.3, -0.25) is 9.69 Å². The van der Waals surface area contributed by atoms with Crippen molar-refractivity contribution in [1.82, 2.24) is 9.88 Å². The SMILES string of the molecule is Cc1cc(F)c(Nc2ccnc3c2C(=O)Cc2cc(CN4CC[C@H](O)C4)ccc2N3)cc1O. The molecule has 2 aliphatic rings. The molecule has 1 saturated heterocycles. The van der Waals surface area contributed by atoms with Crippen molar-refractivity contribution in [3.05, 3.63) is 70.7 Å². The number of phenolic OH excluding ortho intramolecular Hbond substituents is 1. The summed E-state index contributed by atoms with van der Waals surface area (Å²) in [6.07, 6.45) is 2.22. The number of rotatable bonds is 4. The molecule has 1 atom stereocenters. The van der Waals surface area contributed by atoms with Crippen LogP contribution in [0.3, 0.4) is 0 Å². The monoisotopic (exact) mass is 448 g/mol. The van der Waals surface area contributed by atoms with Crippen LogP contribution in [0.4, 0.5) is 27.3 Å². The quantitative estimate of drug-likeness (QED) is 0.478. The van der Waals surface area contributed by atoms with E-state index in [9.17, 15) is 19.4 Å². The van der Waals surface area contributed by atoms with Gasteiger partial charge in [0.15, 0.2) is 5.78 Å². The van der Waals surface area contributed by atoms with Gasteiger partial charge in [-0.25, -0.2) is 9.37 Å². The number of phenols is 1. The first-order valence-corrected chi connectivity index (χ1v) is 10.9. The van der Waals surface area contributed by atoms with Gasteiger partial charge in [0, 0.05) is 44.0 Å². The highest BCUT2D eigenvalue weighted by Crippen LogP contribution is 2.35. The predicted octanol–water partition coefficient (Wildman–Crippen LogP) is 4.03. The number of nitrogens with zero attached hydrogens (tertiary/aromatic N) is 2. The van der Waals surface area contributed by atoms with E-state index in [1.54, 1.807) is 19.2 Å². The van der Waals surface area contributed by atoms with Gasteiger partial charge in [0.25, 0.3) is 0 Å². The molecule has 0 amide bonds. The number of ketones is 1. The molecular formula is C25H25FN4O3. The largest absolute Gasteiger partial charge is 0.508 e. The smallest absolute Gasteiger partial charge is 0.173 e. The number of nitrogens with one attached hydrogen (secondary N) is 2. The summed E-state index contributed by atoms with van der Waals surface area (Å²) in [7, 11) is 0. The van der Waals surface area contributed by atoms with Crippen molar-refractivity contribution < 1.29 is 19.4 Å². The van der Waals surface area contributed by atoms with E-state index < -0.39 is 5.82 Å². The van der Waals surface area contributed by atoms with Crippen LogP contribution in [-0.2, 0) is 13.0 Å². The first kappa shape index (κ1) is 21.4. The summed E-state index contributed by atoms with van der Waals surface area (Å²) in [6.45, 7) is 3.84. The van der Waals surface area contributed by atoms with Crippen LogP contribution < -0.4 is 10.6 Å². The van der Waals surface area contributed by atoms with Gasteiger partial charge in [0.2, 0.25) is 0 Å². The molecular weight excluding hydrogens is 423 g/mol. The molecule has 0 unspecified atom stereocenters. The molecule has 7 nitrogen and oxygen atoms in total. The molecule has 1 fully saturated rings. The first-order valence-electron chi connectivity index (χ1n) is 10.9. The Bertz CT molecular complexity index is 1250. The zero-order chi connectivity index (χ0) is 23.1. The molecule has 0 bridgehead atoms. The molecule has 2 aliphatic heterocycles. The van der Waals surface area contributed by atoms with Crippen LogP contribution in [0.15, 0.2) is 42.6 Å². The van der Waals surface area contributed by atoms with Crippen molar-refractivity contribution in [3.8, 4) is 5.75 Å². The number of likely N-dealkylation sites (tertiary alicyclic amines) is 1. The highest BCUT2D eigenvalue weighted by molar-refractivity contribution is 6.09.